The van der Waals surface area contributed by atoms with E-state index in [0.717, 1.165) is 0 Å². The van der Waals surface area contributed by atoms with Gasteiger partial charge in [-0.25, -0.2) is 0 Å². The SMILES string of the molecule is NC(=O)C(O)CC(=O)c1cccs1. The number of ketones is 1. The van der Waals surface area contributed by atoms with Gasteiger partial charge >= 0.3 is 0 Å². The van der Waals surface area contributed by atoms with Crippen molar-refractivity contribution in [2.45, 2.75) is 12.5 Å². The third kappa shape index (κ3) is 2.64. The molecule has 0 saturated heterocycles. The van der Waals surface area contributed by atoms with Gasteiger partial charge in [-0.1, -0.05) is 6.07 Å². The monoisotopic (exact) mass is 199 g/mol. The number of carbonyl (C=O) groups is 2. The van der Waals surface area contributed by atoms with Crippen LogP contribution in [0.5, 0.6) is 0 Å². The van der Waals surface area contributed by atoms with Gasteiger partial charge in [-0.2, -0.15) is 0 Å². The molecule has 0 saturated carbocycles. The minimum atomic E-state index is -1.38. The Hall–Kier alpha value is -1.20. The highest BCUT2D eigenvalue weighted by molar-refractivity contribution is 7.12. The first kappa shape index (κ1) is 9.88. The largest absolute Gasteiger partial charge is 0.383 e. The Bertz CT molecular complexity index is 307. The first-order valence-corrected chi connectivity index (χ1v) is 4.53. The molecule has 1 amide bonds. The van der Waals surface area contributed by atoms with E-state index in [4.69, 9.17) is 10.8 Å². The molecule has 1 rings (SSSR count). The van der Waals surface area contributed by atoms with Crippen molar-refractivity contribution in [2.75, 3.05) is 0 Å². The van der Waals surface area contributed by atoms with Crippen molar-refractivity contribution >= 4 is 23.0 Å². The fourth-order valence-electron chi connectivity index (χ4n) is 0.814. The number of nitrogens with two attached hydrogens (primary N) is 1. The molecule has 5 heteroatoms. The molecule has 3 N–H and O–H groups in total. The lowest BCUT2D eigenvalue weighted by molar-refractivity contribution is -0.125. The molecule has 0 fully saturated rings. The van der Waals surface area contributed by atoms with Gasteiger partial charge in [-0.3, -0.25) is 9.59 Å². The van der Waals surface area contributed by atoms with Gasteiger partial charge in [0.15, 0.2) is 5.78 Å². The minimum Gasteiger partial charge on any atom is -0.383 e. The minimum absolute atomic E-state index is 0.240. The Morgan fingerprint density at radius 3 is 2.77 bits per heavy atom. The Morgan fingerprint density at radius 1 is 1.62 bits per heavy atom. The van der Waals surface area contributed by atoms with Crippen LogP contribution < -0.4 is 5.73 Å². The summed E-state index contributed by atoms with van der Waals surface area (Å²) in [5.41, 5.74) is 4.80. The normalized spacial score (nSPS) is 12.4. The van der Waals surface area contributed by atoms with E-state index < -0.39 is 12.0 Å². The van der Waals surface area contributed by atoms with Crippen LogP contribution in [0, 0.1) is 0 Å². The molecule has 0 spiro atoms. The van der Waals surface area contributed by atoms with Crippen LogP contribution in [0.25, 0.3) is 0 Å². The summed E-state index contributed by atoms with van der Waals surface area (Å²) in [5, 5.41) is 10.8. The maximum atomic E-state index is 11.3. The van der Waals surface area contributed by atoms with Crippen LogP contribution in [0.15, 0.2) is 17.5 Å². The van der Waals surface area contributed by atoms with E-state index in [1.807, 2.05) is 0 Å². The Morgan fingerprint density at radius 2 is 2.31 bits per heavy atom. The number of aliphatic hydroxyl groups excluding tert-OH is 1. The quantitative estimate of drug-likeness (QED) is 0.678. The third-order valence-electron chi connectivity index (χ3n) is 1.50. The number of carbonyl (C=O) groups excluding carboxylic acids is 2. The predicted octanol–water partition coefficient (Wildman–Crippen LogP) is 0.167. The Balaban J connectivity index is 2.56. The molecule has 4 nitrogen and oxygen atoms in total. The highest BCUT2D eigenvalue weighted by Crippen LogP contribution is 2.12. The summed E-state index contributed by atoms with van der Waals surface area (Å²) in [6.07, 6.45) is -1.62. The van der Waals surface area contributed by atoms with Crippen molar-refractivity contribution in [1.29, 1.82) is 0 Å². The van der Waals surface area contributed by atoms with Crippen LogP contribution in [-0.4, -0.2) is 22.9 Å². The zero-order valence-electron chi connectivity index (χ0n) is 6.77. The summed E-state index contributed by atoms with van der Waals surface area (Å²) >= 11 is 1.27. The summed E-state index contributed by atoms with van der Waals surface area (Å²) in [7, 11) is 0. The second kappa shape index (κ2) is 4.15. The summed E-state index contributed by atoms with van der Waals surface area (Å²) in [6.45, 7) is 0. The smallest absolute Gasteiger partial charge is 0.246 e. The molecule has 1 unspecified atom stereocenters. The number of rotatable bonds is 4. The van der Waals surface area contributed by atoms with Gasteiger partial charge in [-0.05, 0) is 11.4 Å². The van der Waals surface area contributed by atoms with E-state index in [1.165, 1.54) is 11.3 Å². The lowest BCUT2D eigenvalue weighted by Gasteiger charge is -2.02. The van der Waals surface area contributed by atoms with Crippen LogP contribution in [-0.2, 0) is 4.79 Å². The highest BCUT2D eigenvalue weighted by atomic mass is 32.1. The molecule has 1 aromatic rings. The average Bonchev–Trinajstić information content (AvgIpc) is 2.55. The highest BCUT2D eigenvalue weighted by Gasteiger charge is 2.17. The van der Waals surface area contributed by atoms with Crippen LogP contribution in [0.3, 0.4) is 0 Å². The summed E-state index contributed by atoms with van der Waals surface area (Å²) in [6, 6.07) is 3.37. The number of hydrogen-bond donors (Lipinski definition) is 2. The first-order valence-electron chi connectivity index (χ1n) is 3.65. The Labute approximate surface area is 79.0 Å². The third-order valence-corrected chi connectivity index (χ3v) is 2.41. The van der Waals surface area contributed by atoms with Gasteiger partial charge in [0.25, 0.3) is 0 Å². The van der Waals surface area contributed by atoms with E-state index in [-0.39, 0.29) is 12.2 Å². The van der Waals surface area contributed by atoms with Crippen LogP contribution in [0.1, 0.15) is 16.1 Å². The fraction of sp³-hybridized carbons (Fsp3) is 0.250. The van der Waals surface area contributed by atoms with Gasteiger partial charge in [0.2, 0.25) is 5.91 Å². The predicted molar refractivity (Wildman–Crippen MR) is 48.5 cm³/mol. The molecular weight excluding hydrogens is 190 g/mol. The molecule has 1 aromatic heterocycles. The van der Waals surface area contributed by atoms with Crippen molar-refractivity contribution in [2.24, 2.45) is 5.73 Å². The zero-order chi connectivity index (χ0) is 9.84. The van der Waals surface area contributed by atoms with Crippen molar-refractivity contribution in [1.82, 2.24) is 0 Å². The van der Waals surface area contributed by atoms with Crippen molar-refractivity contribution in [3.05, 3.63) is 22.4 Å². The molecular formula is C8H9NO3S. The van der Waals surface area contributed by atoms with E-state index >= 15 is 0 Å². The van der Waals surface area contributed by atoms with Crippen LogP contribution >= 0.6 is 11.3 Å². The molecule has 13 heavy (non-hydrogen) atoms. The van der Waals surface area contributed by atoms with E-state index in [2.05, 4.69) is 0 Å². The van der Waals surface area contributed by atoms with Crippen LogP contribution in [0.4, 0.5) is 0 Å². The molecule has 70 valence electrons. The number of hydrogen-bond acceptors (Lipinski definition) is 4. The lowest BCUT2D eigenvalue weighted by atomic mass is 10.1. The molecule has 0 aliphatic rings. The standard InChI is InChI=1S/C8H9NO3S/c9-8(12)6(11)4-5(10)7-2-1-3-13-7/h1-3,6,11H,4H2,(H2,9,12). The van der Waals surface area contributed by atoms with Crippen LogP contribution in [0.2, 0.25) is 0 Å². The molecule has 1 atom stereocenters. The average molecular weight is 199 g/mol. The van der Waals surface area contributed by atoms with Gasteiger partial charge in [-0.15, -0.1) is 11.3 Å². The van der Waals surface area contributed by atoms with Crippen molar-refractivity contribution in [3.8, 4) is 0 Å². The van der Waals surface area contributed by atoms with Gasteiger partial charge in [0.05, 0.1) is 4.88 Å². The van der Waals surface area contributed by atoms with E-state index in [0.29, 0.717) is 4.88 Å². The maximum Gasteiger partial charge on any atom is 0.246 e. The maximum absolute atomic E-state index is 11.3. The van der Waals surface area contributed by atoms with Crippen molar-refractivity contribution in [3.63, 3.8) is 0 Å². The van der Waals surface area contributed by atoms with E-state index in [9.17, 15) is 9.59 Å². The summed E-state index contributed by atoms with van der Waals surface area (Å²) in [5.74, 6) is -1.13. The second-order valence-electron chi connectivity index (χ2n) is 2.52. The topological polar surface area (TPSA) is 80.4 Å². The zero-order valence-corrected chi connectivity index (χ0v) is 7.58. The Kier molecular flexibility index (Phi) is 3.16. The van der Waals surface area contributed by atoms with Crippen molar-refractivity contribution < 1.29 is 14.7 Å². The fourth-order valence-corrected chi connectivity index (χ4v) is 1.49. The summed E-state index contributed by atoms with van der Waals surface area (Å²) < 4.78 is 0. The molecule has 1 heterocycles. The first-order chi connectivity index (χ1) is 6.11. The molecule has 0 aromatic carbocycles. The number of Topliss-reactive ketones (excluding diaryl/α,β-unsaturated/α-hetero) is 1. The number of thiophene rings is 1. The molecule has 0 aliphatic carbocycles. The van der Waals surface area contributed by atoms with Gasteiger partial charge in [0.1, 0.15) is 6.10 Å². The number of aliphatic hydroxyl groups is 1. The molecule has 0 aliphatic heterocycles. The van der Waals surface area contributed by atoms with Gasteiger partial charge in [0, 0.05) is 6.42 Å². The van der Waals surface area contributed by atoms with E-state index in [1.54, 1.807) is 17.5 Å². The van der Waals surface area contributed by atoms with Gasteiger partial charge < -0.3 is 10.8 Å². The lowest BCUT2D eigenvalue weighted by Crippen LogP contribution is -2.30. The number of primary amides is 1. The number of amides is 1. The molecule has 0 bridgehead atoms. The molecule has 0 radical (unpaired) electrons. The second-order valence-corrected chi connectivity index (χ2v) is 3.47. The summed E-state index contributed by atoms with van der Waals surface area (Å²) in [4.78, 5) is 22.2.